The number of nitrogens with zero attached hydrogens (tertiary/aromatic N) is 2. The molecule has 0 aliphatic carbocycles. The van der Waals surface area contributed by atoms with Crippen molar-refractivity contribution in [1.82, 2.24) is 15.3 Å². The summed E-state index contributed by atoms with van der Waals surface area (Å²) in [6, 6.07) is 15.5. The van der Waals surface area contributed by atoms with Crippen molar-refractivity contribution < 1.29 is 9.00 Å². The molecule has 0 bridgehead atoms. The molecule has 1 amide bonds. The molecule has 0 fully saturated rings. The second-order valence-electron chi connectivity index (χ2n) is 8.14. The fourth-order valence-corrected chi connectivity index (χ4v) is 4.28. The van der Waals surface area contributed by atoms with Gasteiger partial charge in [0, 0.05) is 57.8 Å². The highest BCUT2D eigenvalue weighted by Gasteiger charge is 2.31. The van der Waals surface area contributed by atoms with Gasteiger partial charge in [0.2, 0.25) is 5.95 Å². The molecule has 1 atom stereocenters. The second-order valence-corrected chi connectivity index (χ2v) is 9.57. The van der Waals surface area contributed by atoms with E-state index in [1.165, 1.54) is 0 Å². The van der Waals surface area contributed by atoms with Crippen molar-refractivity contribution >= 4 is 28.3 Å². The Balaban J connectivity index is 1.63. The van der Waals surface area contributed by atoms with Crippen molar-refractivity contribution in [3.63, 3.8) is 0 Å². The molecule has 0 radical (unpaired) electrons. The zero-order valence-corrected chi connectivity index (χ0v) is 18.0. The zero-order chi connectivity index (χ0) is 21.3. The number of hydrogen-bond donors (Lipinski definition) is 2. The van der Waals surface area contributed by atoms with Crippen LogP contribution in [0.15, 0.2) is 54.7 Å². The minimum Gasteiger partial charge on any atom is -0.351 e. The molecule has 1 unspecified atom stereocenters. The van der Waals surface area contributed by atoms with E-state index in [-0.39, 0.29) is 11.3 Å². The molecular weight excluding hydrogens is 396 g/mol. The first kappa shape index (κ1) is 20.2. The largest absolute Gasteiger partial charge is 0.351 e. The van der Waals surface area contributed by atoms with E-state index in [1.54, 1.807) is 12.5 Å². The fraction of sp³-hybridized carbons (Fsp3) is 0.261. The molecule has 154 valence electrons. The second kappa shape index (κ2) is 7.99. The Morgan fingerprint density at radius 3 is 2.80 bits per heavy atom. The van der Waals surface area contributed by atoms with Crippen LogP contribution in [0.25, 0.3) is 11.3 Å². The Kier molecular flexibility index (Phi) is 5.39. The number of fused-ring (bicyclic) bond motifs is 1. The number of aromatic nitrogens is 2. The summed E-state index contributed by atoms with van der Waals surface area (Å²) in [5, 5.41) is 6.17. The van der Waals surface area contributed by atoms with E-state index in [2.05, 4.69) is 40.5 Å². The molecule has 1 aliphatic heterocycles. The first-order chi connectivity index (χ1) is 14.3. The Labute approximate surface area is 178 Å². The van der Waals surface area contributed by atoms with E-state index >= 15 is 0 Å². The van der Waals surface area contributed by atoms with Gasteiger partial charge < -0.3 is 10.6 Å². The lowest BCUT2D eigenvalue weighted by Gasteiger charge is -2.32. The number of carbonyl (C=O) groups excluding carboxylic acids is 1. The summed E-state index contributed by atoms with van der Waals surface area (Å²) in [4.78, 5) is 21.2. The molecule has 2 aromatic carbocycles. The van der Waals surface area contributed by atoms with Crippen molar-refractivity contribution in [2.45, 2.75) is 25.0 Å². The summed E-state index contributed by atoms with van der Waals surface area (Å²) in [6.45, 7) is 4.86. The molecular formula is C23H24N4O2S. The standard InChI is InChI=1S/C23H24N4O2S/c1-23(2)14-25-21(28)18-8-7-16(12-19(18)23)20-9-10-24-22(27-20)26-17-6-4-5-15(11-17)13-30(3)29/h4-12H,13-14H2,1-3H3,(H,25,28)(H,24,26,27). The third kappa shape index (κ3) is 4.26. The van der Waals surface area contributed by atoms with Gasteiger partial charge in [-0.2, -0.15) is 0 Å². The van der Waals surface area contributed by atoms with Gasteiger partial charge >= 0.3 is 0 Å². The van der Waals surface area contributed by atoms with Crippen LogP contribution in [0, 0.1) is 0 Å². The summed E-state index contributed by atoms with van der Waals surface area (Å²) in [5.74, 6) is 0.959. The summed E-state index contributed by atoms with van der Waals surface area (Å²) >= 11 is 0. The van der Waals surface area contributed by atoms with Crippen molar-refractivity contribution in [3.8, 4) is 11.3 Å². The number of amides is 1. The Morgan fingerprint density at radius 2 is 2.00 bits per heavy atom. The molecule has 2 heterocycles. The minimum atomic E-state index is -0.898. The smallest absolute Gasteiger partial charge is 0.251 e. The number of carbonyl (C=O) groups is 1. The van der Waals surface area contributed by atoms with Crippen LogP contribution in [-0.2, 0) is 22.0 Å². The molecule has 2 N–H and O–H groups in total. The number of anilines is 2. The molecule has 0 saturated heterocycles. The van der Waals surface area contributed by atoms with Gasteiger partial charge in [0.25, 0.3) is 5.91 Å². The highest BCUT2D eigenvalue weighted by atomic mass is 32.2. The van der Waals surface area contributed by atoms with Gasteiger partial charge in [-0.05, 0) is 41.5 Å². The first-order valence-corrected chi connectivity index (χ1v) is 11.5. The summed E-state index contributed by atoms with van der Waals surface area (Å²) in [5.41, 5.74) is 5.16. The number of nitrogens with one attached hydrogen (secondary N) is 2. The molecule has 0 spiro atoms. The lowest BCUT2D eigenvalue weighted by Crippen LogP contribution is -2.43. The molecule has 3 aromatic rings. The number of rotatable bonds is 5. The third-order valence-corrected chi connectivity index (χ3v) is 5.93. The summed E-state index contributed by atoms with van der Waals surface area (Å²) in [6.07, 6.45) is 3.41. The number of hydrogen-bond acceptors (Lipinski definition) is 5. The maximum absolute atomic E-state index is 12.2. The van der Waals surface area contributed by atoms with Crippen molar-refractivity contribution in [2.75, 3.05) is 18.1 Å². The van der Waals surface area contributed by atoms with E-state index in [9.17, 15) is 9.00 Å². The third-order valence-electron chi connectivity index (χ3n) is 5.19. The average Bonchev–Trinajstić information content (AvgIpc) is 2.71. The zero-order valence-electron chi connectivity index (χ0n) is 17.2. The number of benzene rings is 2. The van der Waals surface area contributed by atoms with Crippen LogP contribution in [0.5, 0.6) is 0 Å². The minimum absolute atomic E-state index is 0.0335. The van der Waals surface area contributed by atoms with Gasteiger partial charge in [-0.1, -0.05) is 32.0 Å². The van der Waals surface area contributed by atoms with E-state index in [0.29, 0.717) is 23.8 Å². The van der Waals surface area contributed by atoms with Gasteiger partial charge in [-0.3, -0.25) is 9.00 Å². The topological polar surface area (TPSA) is 84.0 Å². The quantitative estimate of drug-likeness (QED) is 0.656. The van der Waals surface area contributed by atoms with Gasteiger partial charge in [0.05, 0.1) is 5.69 Å². The van der Waals surface area contributed by atoms with Crippen molar-refractivity contribution in [3.05, 3.63) is 71.4 Å². The Morgan fingerprint density at radius 1 is 1.17 bits per heavy atom. The Bertz CT molecular complexity index is 1140. The highest BCUT2D eigenvalue weighted by Crippen LogP contribution is 2.33. The van der Waals surface area contributed by atoms with Gasteiger partial charge in [0.1, 0.15) is 0 Å². The van der Waals surface area contributed by atoms with E-state index in [1.807, 2.05) is 42.5 Å². The average molecular weight is 421 g/mol. The summed E-state index contributed by atoms with van der Waals surface area (Å²) < 4.78 is 11.5. The molecule has 6 nitrogen and oxygen atoms in total. The van der Waals surface area contributed by atoms with Crippen LogP contribution in [0.3, 0.4) is 0 Å². The molecule has 0 saturated carbocycles. The normalized spacial score (nSPS) is 15.8. The van der Waals surface area contributed by atoms with E-state index in [0.717, 1.165) is 28.1 Å². The molecule has 1 aliphatic rings. The highest BCUT2D eigenvalue weighted by molar-refractivity contribution is 7.83. The predicted molar refractivity (Wildman–Crippen MR) is 120 cm³/mol. The van der Waals surface area contributed by atoms with Gasteiger partial charge in [-0.25, -0.2) is 9.97 Å². The maximum Gasteiger partial charge on any atom is 0.251 e. The van der Waals surface area contributed by atoms with Crippen LogP contribution in [0.1, 0.15) is 35.3 Å². The lowest BCUT2D eigenvalue weighted by atomic mass is 9.78. The molecule has 7 heteroatoms. The Hall–Kier alpha value is -3.06. The van der Waals surface area contributed by atoms with Crippen LogP contribution < -0.4 is 10.6 Å². The van der Waals surface area contributed by atoms with Crippen LogP contribution in [0.4, 0.5) is 11.6 Å². The maximum atomic E-state index is 12.2. The van der Waals surface area contributed by atoms with Crippen LogP contribution in [-0.4, -0.2) is 32.9 Å². The monoisotopic (exact) mass is 420 g/mol. The molecule has 4 rings (SSSR count). The van der Waals surface area contributed by atoms with E-state index in [4.69, 9.17) is 0 Å². The predicted octanol–water partition coefficient (Wildman–Crippen LogP) is 3.79. The lowest BCUT2D eigenvalue weighted by molar-refractivity contribution is 0.0930. The van der Waals surface area contributed by atoms with Crippen molar-refractivity contribution in [2.24, 2.45) is 0 Å². The molecule has 1 aromatic heterocycles. The van der Waals surface area contributed by atoms with Crippen molar-refractivity contribution in [1.29, 1.82) is 0 Å². The van der Waals surface area contributed by atoms with Gasteiger partial charge in [0.15, 0.2) is 0 Å². The van der Waals surface area contributed by atoms with E-state index < -0.39 is 10.8 Å². The first-order valence-electron chi connectivity index (χ1n) is 9.74. The van der Waals surface area contributed by atoms with Crippen LogP contribution >= 0.6 is 0 Å². The molecule has 30 heavy (non-hydrogen) atoms. The van der Waals surface area contributed by atoms with Gasteiger partial charge in [-0.15, -0.1) is 0 Å². The SMILES string of the molecule is CS(=O)Cc1cccc(Nc2nccc(-c3ccc4c(c3)C(C)(C)CNC4=O)n2)c1. The summed E-state index contributed by atoms with van der Waals surface area (Å²) in [7, 11) is -0.898. The fourth-order valence-electron chi connectivity index (χ4n) is 3.64. The van der Waals surface area contributed by atoms with Crippen LogP contribution in [0.2, 0.25) is 0 Å².